The first-order valence-electron chi connectivity index (χ1n) is 13.1. The Balaban J connectivity index is 1.45. The normalized spacial score (nSPS) is 17.0. The molecule has 0 aliphatic carbocycles. The SMILES string of the molecule is CC(Nc1cc(-c2cc(N(C)CC3CCCN3C(C)C)c3ccccc3n2)ccn1)c1ccccc1. The molecule has 0 saturated carbocycles. The molecule has 0 amide bonds. The first-order valence-corrected chi connectivity index (χ1v) is 13.1. The fraction of sp³-hybridized carbons (Fsp3) is 0.355. The predicted molar refractivity (Wildman–Crippen MR) is 152 cm³/mol. The molecule has 1 aliphatic rings. The van der Waals surface area contributed by atoms with Crippen molar-refractivity contribution in [3.8, 4) is 11.3 Å². The van der Waals surface area contributed by atoms with Gasteiger partial charge in [-0.2, -0.15) is 0 Å². The van der Waals surface area contributed by atoms with Crippen molar-refractivity contribution < 1.29 is 0 Å². The van der Waals surface area contributed by atoms with Crippen LogP contribution in [-0.2, 0) is 0 Å². The summed E-state index contributed by atoms with van der Waals surface area (Å²) in [6, 6.07) is 26.7. The van der Waals surface area contributed by atoms with Crippen molar-refractivity contribution in [3.05, 3.63) is 84.6 Å². The average Bonchev–Trinajstić information content (AvgIpc) is 3.37. The number of likely N-dealkylation sites (tertiary alicyclic amines) is 1. The minimum atomic E-state index is 0.163. The van der Waals surface area contributed by atoms with Crippen LogP contribution in [0, 0.1) is 0 Å². The molecule has 5 rings (SSSR count). The van der Waals surface area contributed by atoms with E-state index < -0.39 is 0 Å². The number of benzene rings is 2. The summed E-state index contributed by atoms with van der Waals surface area (Å²) in [4.78, 5) is 14.7. The van der Waals surface area contributed by atoms with E-state index in [0.717, 1.165) is 29.1 Å². The second kappa shape index (κ2) is 10.7. The van der Waals surface area contributed by atoms with E-state index in [1.165, 1.54) is 36.0 Å². The maximum Gasteiger partial charge on any atom is 0.127 e. The number of hydrogen-bond donors (Lipinski definition) is 1. The van der Waals surface area contributed by atoms with Gasteiger partial charge in [-0.1, -0.05) is 48.5 Å². The smallest absolute Gasteiger partial charge is 0.127 e. The lowest BCUT2D eigenvalue weighted by Gasteiger charge is -2.33. The molecule has 5 heteroatoms. The van der Waals surface area contributed by atoms with Gasteiger partial charge in [0, 0.05) is 54.6 Å². The Hall–Kier alpha value is -3.44. The van der Waals surface area contributed by atoms with E-state index >= 15 is 0 Å². The number of pyridine rings is 2. The van der Waals surface area contributed by atoms with E-state index in [4.69, 9.17) is 4.98 Å². The van der Waals surface area contributed by atoms with Crippen molar-refractivity contribution in [2.45, 2.75) is 51.7 Å². The number of para-hydroxylation sites is 1. The second-order valence-electron chi connectivity index (χ2n) is 10.3. The van der Waals surface area contributed by atoms with E-state index in [-0.39, 0.29) is 6.04 Å². The predicted octanol–water partition coefficient (Wildman–Crippen LogP) is 6.78. The van der Waals surface area contributed by atoms with Crippen molar-refractivity contribution in [1.29, 1.82) is 0 Å². The minimum absolute atomic E-state index is 0.163. The largest absolute Gasteiger partial charge is 0.372 e. The summed E-state index contributed by atoms with van der Waals surface area (Å²) in [6.07, 6.45) is 4.42. The first kappa shape index (κ1) is 24.3. The van der Waals surface area contributed by atoms with Gasteiger partial charge in [-0.05, 0) is 70.0 Å². The van der Waals surface area contributed by atoms with Crippen LogP contribution in [0.1, 0.15) is 45.2 Å². The van der Waals surface area contributed by atoms with Crippen molar-refractivity contribution in [2.75, 3.05) is 30.4 Å². The Morgan fingerprint density at radius 1 is 1.00 bits per heavy atom. The molecule has 36 heavy (non-hydrogen) atoms. The highest BCUT2D eigenvalue weighted by Gasteiger charge is 2.28. The summed E-state index contributed by atoms with van der Waals surface area (Å²) in [7, 11) is 2.23. The van der Waals surface area contributed by atoms with Crippen LogP contribution in [0.25, 0.3) is 22.2 Å². The van der Waals surface area contributed by atoms with Crippen LogP contribution in [-0.4, -0.2) is 47.1 Å². The van der Waals surface area contributed by atoms with Crippen molar-refractivity contribution in [1.82, 2.24) is 14.9 Å². The van der Waals surface area contributed by atoms with Gasteiger partial charge in [0.05, 0.1) is 11.2 Å². The molecule has 186 valence electrons. The number of nitrogens with one attached hydrogen (secondary N) is 1. The highest BCUT2D eigenvalue weighted by molar-refractivity contribution is 5.94. The molecular formula is C31H37N5. The van der Waals surface area contributed by atoms with E-state index in [9.17, 15) is 0 Å². The second-order valence-corrected chi connectivity index (χ2v) is 10.3. The van der Waals surface area contributed by atoms with Crippen LogP contribution in [0.4, 0.5) is 11.5 Å². The van der Waals surface area contributed by atoms with E-state index in [2.05, 4.69) is 115 Å². The van der Waals surface area contributed by atoms with Crippen molar-refractivity contribution >= 4 is 22.4 Å². The van der Waals surface area contributed by atoms with Crippen LogP contribution in [0.3, 0.4) is 0 Å². The van der Waals surface area contributed by atoms with Crippen molar-refractivity contribution in [3.63, 3.8) is 0 Å². The molecule has 2 aromatic carbocycles. The number of rotatable bonds is 8. The summed E-state index contributed by atoms with van der Waals surface area (Å²) >= 11 is 0. The highest BCUT2D eigenvalue weighted by atomic mass is 15.2. The molecule has 2 unspecified atom stereocenters. The molecular weight excluding hydrogens is 442 g/mol. The van der Waals surface area contributed by atoms with Gasteiger partial charge in [-0.3, -0.25) is 4.90 Å². The maximum atomic E-state index is 5.05. The highest BCUT2D eigenvalue weighted by Crippen LogP contribution is 2.32. The molecule has 0 spiro atoms. The van der Waals surface area contributed by atoms with E-state index in [1.54, 1.807) is 0 Å². The van der Waals surface area contributed by atoms with Gasteiger partial charge < -0.3 is 10.2 Å². The zero-order valence-corrected chi connectivity index (χ0v) is 21.9. The summed E-state index contributed by atoms with van der Waals surface area (Å²) in [5.41, 5.74) is 5.53. The quantitative estimate of drug-likeness (QED) is 0.302. The molecule has 5 nitrogen and oxygen atoms in total. The Morgan fingerprint density at radius 3 is 2.58 bits per heavy atom. The van der Waals surface area contributed by atoms with Gasteiger partial charge in [0.2, 0.25) is 0 Å². The number of aromatic nitrogens is 2. The summed E-state index contributed by atoms with van der Waals surface area (Å²) in [5.74, 6) is 0.854. The molecule has 4 aromatic rings. The van der Waals surface area contributed by atoms with Crippen LogP contribution < -0.4 is 10.2 Å². The van der Waals surface area contributed by atoms with E-state index in [1.807, 2.05) is 12.3 Å². The van der Waals surface area contributed by atoms with Gasteiger partial charge in [0.15, 0.2) is 0 Å². The average molecular weight is 480 g/mol. The van der Waals surface area contributed by atoms with Crippen molar-refractivity contribution in [2.24, 2.45) is 0 Å². The number of hydrogen-bond acceptors (Lipinski definition) is 5. The molecule has 0 bridgehead atoms. The van der Waals surface area contributed by atoms with Gasteiger partial charge in [-0.15, -0.1) is 0 Å². The van der Waals surface area contributed by atoms with E-state index in [0.29, 0.717) is 12.1 Å². The molecule has 1 aliphatic heterocycles. The van der Waals surface area contributed by atoms with Crippen LogP contribution in [0.5, 0.6) is 0 Å². The molecule has 1 N–H and O–H groups in total. The van der Waals surface area contributed by atoms with Gasteiger partial charge in [0.25, 0.3) is 0 Å². The Kier molecular flexibility index (Phi) is 7.19. The first-order chi connectivity index (χ1) is 17.5. The monoisotopic (exact) mass is 479 g/mol. The fourth-order valence-corrected chi connectivity index (χ4v) is 5.48. The van der Waals surface area contributed by atoms with Gasteiger partial charge in [0.1, 0.15) is 5.82 Å². The third-order valence-electron chi connectivity index (χ3n) is 7.40. The third-order valence-corrected chi connectivity index (χ3v) is 7.40. The lowest BCUT2D eigenvalue weighted by Crippen LogP contribution is -2.42. The number of anilines is 2. The third kappa shape index (κ3) is 5.21. The minimum Gasteiger partial charge on any atom is -0.372 e. The fourth-order valence-electron chi connectivity index (χ4n) is 5.48. The van der Waals surface area contributed by atoms with Crippen LogP contribution in [0.15, 0.2) is 79.0 Å². The Bertz CT molecular complexity index is 1300. The molecule has 2 aromatic heterocycles. The lowest BCUT2D eigenvalue weighted by molar-refractivity contribution is 0.207. The topological polar surface area (TPSA) is 44.3 Å². The van der Waals surface area contributed by atoms with Crippen LogP contribution >= 0.6 is 0 Å². The zero-order valence-electron chi connectivity index (χ0n) is 21.9. The maximum absolute atomic E-state index is 5.05. The zero-order chi connectivity index (χ0) is 25.1. The molecule has 1 fully saturated rings. The molecule has 3 heterocycles. The van der Waals surface area contributed by atoms with Crippen LogP contribution in [0.2, 0.25) is 0 Å². The summed E-state index contributed by atoms with van der Waals surface area (Å²) < 4.78 is 0. The molecule has 2 atom stereocenters. The standard InChI is InChI=1S/C31H37N5/c1-22(2)36-18-10-13-26(36)21-35(4)30-20-29(34-28-15-9-8-14-27(28)30)25-16-17-32-31(19-25)33-23(3)24-11-6-5-7-12-24/h5-9,11-12,14-17,19-20,22-23,26H,10,13,18,21H2,1-4H3,(H,32,33). The summed E-state index contributed by atoms with van der Waals surface area (Å²) in [5, 5.41) is 4.75. The molecule has 1 saturated heterocycles. The summed E-state index contributed by atoms with van der Waals surface area (Å²) in [6.45, 7) is 9.00. The molecule has 0 radical (unpaired) electrons. The number of likely N-dealkylation sites (N-methyl/N-ethyl adjacent to an activating group) is 1. The Labute approximate surface area is 215 Å². The Morgan fingerprint density at radius 2 is 1.78 bits per heavy atom. The number of nitrogens with zero attached hydrogens (tertiary/aromatic N) is 4. The number of fused-ring (bicyclic) bond motifs is 1. The van der Waals surface area contributed by atoms with Gasteiger partial charge in [-0.25, -0.2) is 9.97 Å². The lowest BCUT2D eigenvalue weighted by atomic mass is 10.1. The van der Waals surface area contributed by atoms with Gasteiger partial charge >= 0.3 is 0 Å².